The molecule has 0 saturated heterocycles. The van der Waals surface area contributed by atoms with Gasteiger partial charge in [0.15, 0.2) is 5.11 Å². The van der Waals surface area contributed by atoms with Gasteiger partial charge in [0.1, 0.15) is 0 Å². The largest absolute Gasteiger partial charge is 0.383 e. The smallest absolute Gasteiger partial charge is 0.226 e. The molecule has 0 atom stereocenters. The van der Waals surface area contributed by atoms with Gasteiger partial charge in [-0.25, -0.2) is 0 Å². The predicted molar refractivity (Wildman–Crippen MR) is 85.8 cm³/mol. The number of rotatable bonds is 5. The molecule has 2 N–H and O–H groups in total. The van der Waals surface area contributed by atoms with Gasteiger partial charge in [0.25, 0.3) is 0 Å². The molecule has 0 unspecified atom stereocenters. The van der Waals surface area contributed by atoms with E-state index in [1.165, 1.54) is 38.5 Å². The van der Waals surface area contributed by atoms with Crippen molar-refractivity contribution in [3.8, 4) is 0 Å². The number of amides is 1. The van der Waals surface area contributed by atoms with Crippen molar-refractivity contribution in [2.75, 3.05) is 20.3 Å². The molecule has 4 rings (SSSR count). The third kappa shape index (κ3) is 3.57. The average molecular weight is 310 g/mol. The maximum absolute atomic E-state index is 12.3. The van der Waals surface area contributed by atoms with Crippen LogP contribution < -0.4 is 10.6 Å². The normalized spacial score (nSPS) is 36.5. The highest BCUT2D eigenvalue weighted by Gasteiger charge is 2.51. The van der Waals surface area contributed by atoms with Crippen molar-refractivity contribution < 1.29 is 9.53 Å². The SMILES string of the molecule is COCCNC(=S)NC(=O)CC12CC3CC(CC(C3)C1)C2. The van der Waals surface area contributed by atoms with Crippen LogP contribution in [0, 0.1) is 23.2 Å². The van der Waals surface area contributed by atoms with E-state index >= 15 is 0 Å². The fourth-order valence-electron chi connectivity index (χ4n) is 5.33. The van der Waals surface area contributed by atoms with Crippen molar-refractivity contribution in [1.82, 2.24) is 10.6 Å². The van der Waals surface area contributed by atoms with Gasteiger partial charge in [-0.15, -0.1) is 0 Å². The number of methoxy groups -OCH3 is 1. The molecule has 4 nitrogen and oxygen atoms in total. The van der Waals surface area contributed by atoms with E-state index in [1.54, 1.807) is 7.11 Å². The lowest BCUT2D eigenvalue weighted by Gasteiger charge is -2.56. The Morgan fingerprint density at radius 3 is 2.29 bits per heavy atom. The minimum atomic E-state index is 0.0897. The van der Waals surface area contributed by atoms with E-state index in [9.17, 15) is 4.79 Å². The first-order valence-electron chi connectivity index (χ1n) is 8.15. The first-order valence-corrected chi connectivity index (χ1v) is 8.56. The summed E-state index contributed by atoms with van der Waals surface area (Å²) in [5, 5.41) is 6.27. The van der Waals surface area contributed by atoms with Gasteiger partial charge in [-0.3, -0.25) is 4.79 Å². The second-order valence-electron chi connectivity index (χ2n) is 7.39. The lowest BCUT2D eigenvalue weighted by atomic mass is 9.49. The maximum atomic E-state index is 12.3. The number of hydrogen-bond acceptors (Lipinski definition) is 3. The minimum absolute atomic E-state index is 0.0897. The van der Waals surface area contributed by atoms with Crippen LogP contribution >= 0.6 is 12.2 Å². The molecule has 21 heavy (non-hydrogen) atoms. The van der Waals surface area contributed by atoms with Crippen LogP contribution in [0.1, 0.15) is 44.9 Å². The zero-order valence-electron chi connectivity index (χ0n) is 12.8. The first-order chi connectivity index (χ1) is 10.1. The summed E-state index contributed by atoms with van der Waals surface area (Å²) < 4.78 is 4.95. The Morgan fingerprint density at radius 2 is 1.76 bits per heavy atom. The Morgan fingerprint density at radius 1 is 1.19 bits per heavy atom. The maximum Gasteiger partial charge on any atom is 0.226 e. The standard InChI is InChI=1S/C16H26N2O2S/c1-20-3-2-17-15(21)18-14(19)10-16-7-11-4-12(8-16)6-13(5-11)9-16/h11-13H,2-10H2,1H3,(H2,17,18,19,21). The highest BCUT2D eigenvalue weighted by atomic mass is 32.1. The van der Waals surface area contributed by atoms with Crippen LogP contribution in [0.3, 0.4) is 0 Å². The van der Waals surface area contributed by atoms with Crippen LogP contribution in [0.15, 0.2) is 0 Å². The molecule has 4 bridgehead atoms. The summed E-state index contributed by atoms with van der Waals surface area (Å²) in [4.78, 5) is 12.3. The van der Waals surface area contributed by atoms with E-state index in [4.69, 9.17) is 17.0 Å². The van der Waals surface area contributed by atoms with Crippen LogP contribution in [-0.2, 0) is 9.53 Å². The van der Waals surface area contributed by atoms with Crippen LogP contribution in [-0.4, -0.2) is 31.3 Å². The molecular weight excluding hydrogens is 284 g/mol. The molecule has 1 amide bonds. The van der Waals surface area contributed by atoms with Crippen molar-refractivity contribution in [3.63, 3.8) is 0 Å². The van der Waals surface area contributed by atoms with Crippen LogP contribution in [0.2, 0.25) is 0 Å². The summed E-state index contributed by atoms with van der Waals surface area (Å²) in [5.74, 6) is 2.74. The quantitative estimate of drug-likeness (QED) is 0.604. The Kier molecular flexibility index (Phi) is 4.50. The van der Waals surface area contributed by atoms with E-state index in [2.05, 4.69) is 10.6 Å². The van der Waals surface area contributed by atoms with E-state index in [1.807, 2.05) is 0 Å². The van der Waals surface area contributed by atoms with Gasteiger partial charge < -0.3 is 15.4 Å². The molecule has 0 aromatic carbocycles. The molecule has 4 saturated carbocycles. The Labute approximate surface area is 132 Å². The van der Waals surface area contributed by atoms with E-state index in [0.717, 1.165) is 17.8 Å². The summed E-state index contributed by atoms with van der Waals surface area (Å²) in [6, 6.07) is 0. The van der Waals surface area contributed by atoms with Crippen molar-refractivity contribution in [1.29, 1.82) is 0 Å². The van der Waals surface area contributed by atoms with Gasteiger partial charge in [-0.05, 0) is 73.9 Å². The summed E-state index contributed by atoms with van der Waals surface area (Å²) in [5.41, 5.74) is 0.279. The monoisotopic (exact) mass is 310 g/mol. The fourth-order valence-corrected chi connectivity index (χ4v) is 5.54. The first kappa shape index (κ1) is 15.2. The van der Waals surface area contributed by atoms with Crippen molar-refractivity contribution in [3.05, 3.63) is 0 Å². The third-order valence-electron chi connectivity index (χ3n) is 5.55. The van der Waals surface area contributed by atoms with Gasteiger partial charge in [-0.1, -0.05) is 0 Å². The lowest BCUT2D eigenvalue weighted by molar-refractivity contribution is -0.128. The number of carbonyl (C=O) groups is 1. The third-order valence-corrected chi connectivity index (χ3v) is 5.79. The molecule has 4 aliphatic rings. The number of nitrogens with one attached hydrogen (secondary N) is 2. The molecular formula is C16H26N2O2S. The summed E-state index contributed by atoms with van der Waals surface area (Å²) in [7, 11) is 1.65. The summed E-state index contributed by atoms with van der Waals surface area (Å²) in [6.07, 6.45) is 8.68. The second kappa shape index (κ2) is 6.21. The lowest BCUT2D eigenvalue weighted by Crippen LogP contribution is -2.49. The highest BCUT2D eigenvalue weighted by molar-refractivity contribution is 7.80. The Hall–Kier alpha value is -0.680. The van der Waals surface area contributed by atoms with E-state index in [-0.39, 0.29) is 11.3 Å². The van der Waals surface area contributed by atoms with Gasteiger partial charge in [0, 0.05) is 20.1 Å². The van der Waals surface area contributed by atoms with Crippen LogP contribution in [0.4, 0.5) is 0 Å². The second-order valence-corrected chi connectivity index (χ2v) is 7.80. The molecule has 0 heterocycles. The van der Waals surface area contributed by atoms with Gasteiger partial charge in [-0.2, -0.15) is 0 Å². The number of ether oxygens (including phenoxy) is 1. The molecule has 0 aromatic rings. The van der Waals surface area contributed by atoms with E-state index < -0.39 is 0 Å². The van der Waals surface area contributed by atoms with Crippen LogP contribution in [0.25, 0.3) is 0 Å². The summed E-state index contributed by atoms with van der Waals surface area (Å²) in [6.45, 7) is 1.22. The summed E-state index contributed by atoms with van der Waals surface area (Å²) >= 11 is 5.15. The zero-order chi connectivity index (χ0) is 14.9. The molecule has 4 fully saturated rings. The topological polar surface area (TPSA) is 50.4 Å². The Bertz CT molecular complexity index is 389. The number of hydrogen-bond donors (Lipinski definition) is 2. The molecule has 4 aliphatic carbocycles. The van der Waals surface area contributed by atoms with Gasteiger partial charge in [0.05, 0.1) is 6.61 Å². The number of carbonyl (C=O) groups excluding carboxylic acids is 1. The van der Waals surface area contributed by atoms with Crippen molar-refractivity contribution in [2.24, 2.45) is 23.2 Å². The molecule has 0 aliphatic heterocycles. The molecule has 0 aromatic heterocycles. The highest BCUT2D eigenvalue weighted by Crippen LogP contribution is 2.61. The van der Waals surface area contributed by atoms with Crippen molar-refractivity contribution >= 4 is 23.2 Å². The molecule has 5 heteroatoms. The van der Waals surface area contributed by atoms with Crippen LogP contribution in [0.5, 0.6) is 0 Å². The molecule has 0 spiro atoms. The molecule has 0 radical (unpaired) electrons. The van der Waals surface area contributed by atoms with Gasteiger partial charge >= 0.3 is 0 Å². The van der Waals surface area contributed by atoms with Crippen molar-refractivity contribution in [2.45, 2.75) is 44.9 Å². The van der Waals surface area contributed by atoms with E-state index in [0.29, 0.717) is 24.7 Å². The van der Waals surface area contributed by atoms with Gasteiger partial charge in [0.2, 0.25) is 5.91 Å². The number of thiocarbonyl (C=S) groups is 1. The fraction of sp³-hybridized carbons (Fsp3) is 0.875. The zero-order valence-corrected chi connectivity index (χ0v) is 13.6. The molecule has 118 valence electrons. The minimum Gasteiger partial charge on any atom is -0.383 e. The Balaban J connectivity index is 1.49. The predicted octanol–water partition coefficient (Wildman–Crippen LogP) is 2.23. The average Bonchev–Trinajstić information content (AvgIpc) is 2.36.